The van der Waals surface area contributed by atoms with Crippen molar-refractivity contribution in [1.29, 1.82) is 0 Å². The van der Waals surface area contributed by atoms with Crippen LogP contribution in [0.15, 0.2) is 48.8 Å². The number of halogens is 1. The van der Waals surface area contributed by atoms with Crippen molar-refractivity contribution in [2.75, 3.05) is 5.73 Å². The van der Waals surface area contributed by atoms with Crippen LogP contribution in [0.2, 0.25) is 5.15 Å². The Bertz CT molecular complexity index is 829. The minimum atomic E-state index is 0.327. The molecule has 3 aromatic rings. The van der Waals surface area contributed by atoms with Crippen molar-refractivity contribution >= 4 is 17.4 Å². The molecule has 0 amide bonds. The van der Waals surface area contributed by atoms with Crippen molar-refractivity contribution in [3.63, 3.8) is 0 Å². The van der Waals surface area contributed by atoms with Gasteiger partial charge in [-0.05, 0) is 29.2 Å². The van der Waals surface area contributed by atoms with Crippen LogP contribution >= 0.6 is 11.6 Å². The Morgan fingerprint density at radius 1 is 0.957 bits per heavy atom. The van der Waals surface area contributed by atoms with Gasteiger partial charge in [0.1, 0.15) is 5.82 Å². The van der Waals surface area contributed by atoms with Crippen LogP contribution in [0.5, 0.6) is 0 Å². The molecule has 0 spiro atoms. The van der Waals surface area contributed by atoms with Crippen LogP contribution < -0.4 is 5.73 Å². The maximum atomic E-state index is 6.01. The highest BCUT2D eigenvalue weighted by atomic mass is 35.5. The number of nitrogen functional groups attached to an aromatic ring is 1. The van der Waals surface area contributed by atoms with Crippen LogP contribution in [-0.2, 0) is 0 Å². The fraction of sp³-hybridized carbons (Fsp3) is 0.167. The summed E-state index contributed by atoms with van der Waals surface area (Å²) in [6, 6.07) is 12.2. The van der Waals surface area contributed by atoms with Gasteiger partial charge in [0.15, 0.2) is 5.15 Å². The number of rotatable bonds is 3. The number of nitrogens with two attached hydrogens (primary N) is 1. The summed E-state index contributed by atoms with van der Waals surface area (Å²) < 4.78 is 0. The summed E-state index contributed by atoms with van der Waals surface area (Å²) >= 11 is 5.92. The van der Waals surface area contributed by atoms with Crippen LogP contribution in [0.4, 0.5) is 5.82 Å². The van der Waals surface area contributed by atoms with Crippen molar-refractivity contribution in [2.45, 2.75) is 19.8 Å². The molecular weight excluding hydrogens is 308 g/mol. The highest BCUT2D eigenvalue weighted by molar-refractivity contribution is 6.29. The lowest BCUT2D eigenvalue weighted by Crippen LogP contribution is -1.96. The van der Waals surface area contributed by atoms with Gasteiger partial charge >= 0.3 is 0 Å². The molecule has 0 bridgehead atoms. The van der Waals surface area contributed by atoms with E-state index in [9.17, 15) is 0 Å². The van der Waals surface area contributed by atoms with Gasteiger partial charge in [-0.1, -0.05) is 49.7 Å². The Balaban J connectivity index is 2.03. The second-order valence-electron chi connectivity index (χ2n) is 5.70. The average molecular weight is 325 g/mol. The quantitative estimate of drug-likeness (QED) is 0.766. The minimum absolute atomic E-state index is 0.327. The molecule has 23 heavy (non-hydrogen) atoms. The zero-order valence-electron chi connectivity index (χ0n) is 13.0. The van der Waals surface area contributed by atoms with Crippen LogP contribution in [0.3, 0.4) is 0 Å². The first kappa shape index (κ1) is 15.4. The van der Waals surface area contributed by atoms with E-state index in [4.69, 9.17) is 17.3 Å². The van der Waals surface area contributed by atoms with Gasteiger partial charge in [-0.2, -0.15) is 5.10 Å². The van der Waals surface area contributed by atoms with Crippen molar-refractivity contribution in [2.24, 2.45) is 0 Å². The maximum absolute atomic E-state index is 6.01. The number of hydrogen-bond acceptors (Lipinski definition) is 4. The SMILES string of the molecule is CC(C)c1ccc(-c2cnc(N)c(-c3cnnc(Cl)c3)c2)cc1. The first-order chi connectivity index (χ1) is 11.0. The Morgan fingerprint density at radius 2 is 1.70 bits per heavy atom. The van der Waals surface area contributed by atoms with Crippen LogP contribution in [0.1, 0.15) is 25.3 Å². The van der Waals surface area contributed by atoms with Crippen LogP contribution in [0.25, 0.3) is 22.3 Å². The molecule has 0 aliphatic rings. The fourth-order valence-electron chi connectivity index (χ4n) is 2.41. The van der Waals surface area contributed by atoms with Gasteiger partial charge in [0.25, 0.3) is 0 Å². The van der Waals surface area contributed by atoms with E-state index in [1.807, 2.05) is 6.07 Å². The lowest BCUT2D eigenvalue weighted by atomic mass is 9.98. The van der Waals surface area contributed by atoms with Gasteiger partial charge in [0.05, 0.1) is 6.20 Å². The molecule has 5 heteroatoms. The largest absolute Gasteiger partial charge is 0.383 e. The molecule has 4 nitrogen and oxygen atoms in total. The van der Waals surface area contributed by atoms with Gasteiger partial charge in [-0.15, -0.1) is 5.10 Å². The third-order valence-corrected chi connectivity index (χ3v) is 3.95. The average Bonchev–Trinajstić information content (AvgIpc) is 2.55. The van der Waals surface area contributed by atoms with E-state index >= 15 is 0 Å². The first-order valence-electron chi connectivity index (χ1n) is 7.39. The number of aromatic nitrogens is 3. The Hall–Kier alpha value is -2.46. The van der Waals surface area contributed by atoms with Crippen LogP contribution in [0, 0.1) is 0 Å². The van der Waals surface area contributed by atoms with E-state index in [0.29, 0.717) is 16.9 Å². The summed E-state index contributed by atoms with van der Waals surface area (Å²) in [5.74, 6) is 0.950. The number of anilines is 1. The molecule has 0 radical (unpaired) electrons. The topological polar surface area (TPSA) is 64.7 Å². The molecule has 1 aromatic carbocycles. The van der Waals surface area contributed by atoms with Gasteiger partial charge in [-0.25, -0.2) is 4.98 Å². The molecule has 0 saturated carbocycles. The van der Waals surface area contributed by atoms with E-state index in [2.05, 4.69) is 53.3 Å². The summed E-state index contributed by atoms with van der Waals surface area (Å²) in [6.45, 7) is 4.36. The molecular formula is C18H17ClN4. The van der Waals surface area contributed by atoms with Gasteiger partial charge in [-0.3, -0.25) is 0 Å². The van der Waals surface area contributed by atoms with Crippen molar-refractivity contribution < 1.29 is 0 Å². The molecule has 0 aliphatic carbocycles. The lowest BCUT2D eigenvalue weighted by Gasteiger charge is -2.10. The molecule has 0 aliphatic heterocycles. The van der Waals surface area contributed by atoms with Gasteiger partial charge in [0.2, 0.25) is 0 Å². The Labute approximate surface area is 140 Å². The Morgan fingerprint density at radius 3 is 2.35 bits per heavy atom. The van der Waals surface area contributed by atoms with E-state index in [0.717, 1.165) is 22.3 Å². The van der Waals surface area contributed by atoms with Crippen molar-refractivity contribution in [3.8, 4) is 22.3 Å². The van der Waals surface area contributed by atoms with Gasteiger partial charge in [0, 0.05) is 22.9 Å². The fourth-order valence-corrected chi connectivity index (χ4v) is 2.57. The summed E-state index contributed by atoms with van der Waals surface area (Å²) in [5.41, 5.74) is 11.0. The summed E-state index contributed by atoms with van der Waals surface area (Å²) in [4.78, 5) is 4.31. The molecule has 116 valence electrons. The molecule has 0 atom stereocenters. The first-order valence-corrected chi connectivity index (χ1v) is 7.77. The molecule has 3 rings (SSSR count). The molecule has 2 heterocycles. The van der Waals surface area contributed by atoms with Gasteiger partial charge < -0.3 is 5.73 Å². The molecule has 2 aromatic heterocycles. The normalized spacial score (nSPS) is 11.0. The van der Waals surface area contributed by atoms with Crippen molar-refractivity contribution in [1.82, 2.24) is 15.2 Å². The number of hydrogen-bond donors (Lipinski definition) is 1. The molecule has 0 unspecified atom stereocenters. The predicted octanol–water partition coefficient (Wildman–Crippen LogP) is 4.56. The second-order valence-corrected chi connectivity index (χ2v) is 6.09. The number of benzene rings is 1. The highest BCUT2D eigenvalue weighted by Gasteiger charge is 2.09. The third kappa shape index (κ3) is 3.32. The second kappa shape index (κ2) is 6.34. The lowest BCUT2D eigenvalue weighted by molar-refractivity contribution is 0.867. The molecule has 0 saturated heterocycles. The molecule has 0 fully saturated rings. The van der Waals surface area contributed by atoms with E-state index in [1.54, 1.807) is 18.5 Å². The zero-order valence-corrected chi connectivity index (χ0v) is 13.7. The molecule has 2 N–H and O–H groups in total. The Kier molecular flexibility index (Phi) is 4.26. The minimum Gasteiger partial charge on any atom is -0.383 e. The monoisotopic (exact) mass is 324 g/mol. The summed E-state index contributed by atoms with van der Waals surface area (Å²) in [7, 11) is 0. The van der Waals surface area contributed by atoms with Crippen LogP contribution in [-0.4, -0.2) is 15.2 Å². The van der Waals surface area contributed by atoms with E-state index in [-0.39, 0.29) is 0 Å². The zero-order chi connectivity index (χ0) is 16.4. The number of pyridine rings is 1. The summed E-state index contributed by atoms with van der Waals surface area (Å²) in [6.07, 6.45) is 3.41. The highest BCUT2D eigenvalue weighted by Crippen LogP contribution is 2.30. The summed E-state index contributed by atoms with van der Waals surface area (Å²) in [5, 5.41) is 7.95. The smallest absolute Gasteiger partial charge is 0.152 e. The standard InChI is InChI=1S/C18H17ClN4/c1-11(2)12-3-5-13(6-4-12)14-7-16(18(20)21-9-14)15-8-17(19)23-22-10-15/h3-11H,1-2H3,(H2,20,21). The van der Waals surface area contributed by atoms with E-state index in [1.165, 1.54) is 5.56 Å². The maximum Gasteiger partial charge on any atom is 0.152 e. The third-order valence-electron chi connectivity index (χ3n) is 3.76. The predicted molar refractivity (Wildman–Crippen MR) is 94.2 cm³/mol. The number of nitrogens with zero attached hydrogens (tertiary/aromatic N) is 3. The van der Waals surface area contributed by atoms with E-state index < -0.39 is 0 Å². The van der Waals surface area contributed by atoms with Crippen molar-refractivity contribution in [3.05, 3.63) is 59.5 Å².